The van der Waals surface area contributed by atoms with Gasteiger partial charge in [0.15, 0.2) is 23.2 Å². The summed E-state index contributed by atoms with van der Waals surface area (Å²) >= 11 is 0. The van der Waals surface area contributed by atoms with Gasteiger partial charge in [0.05, 0.1) is 19.5 Å². The fourth-order valence-electron chi connectivity index (χ4n) is 6.34. The molecule has 0 saturated carbocycles. The monoisotopic (exact) mass is 649 g/mol. The van der Waals surface area contributed by atoms with Crippen molar-refractivity contribution in [3.8, 4) is 0 Å². The molecule has 0 spiro atoms. The van der Waals surface area contributed by atoms with Gasteiger partial charge < -0.3 is 24.3 Å². The zero-order chi connectivity index (χ0) is 33.0. The highest BCUT2D eigenvalue weighted by Crippen LogP contribution is 2.39. The van der Waals surface area contributed by atoms with Crippen molar-refractivity contribution < 1.29 is 23.8 Å². The van der Waals surface area contributed by atoms with Crippen LogP contribution in [0.15, 0.2) is 116 Å². The fraction of sp³-hybridized carbons (Fsp3) is 0.278. The second-order valence-corrected chi connectivity index (χ2v) is 16.8. The summed E-state index contributed by atoms with van der Waals surface area (Å²) in [6, 6.07) is 29.6. The molecule has 1 aliphatic rings. The Bertz CT molecular complexity index is 1770. The largest absolute Gasteiger partial charge is 0.405 e. The number of carbonyl (C=O) groups is 1. The van der Waals surface area contributed by atoms with Gasteiger partial charge in [-0.3, -0.25) is 9.36 Å². The SMILES string of the molecule is C=CCOC1C(O)[C@H](n2cnc3c(NC(=O)c4ccccc4)ncnc32)O[C@@H]1CO[Si](c1ccccc1)(c1ccccc1)C(C)(C)C. The summed E-state index contributed by atoms with van der Waals surface area (Å²) in [6.07, 6.45) is 1.18. The number of benzene rings is 3. The maximum atomic E-state index is 12.9. The Morgan fingerprint density at radius 3 is 2.19 bits per heavy atom. The molecule has 0 radical (unpaired) electrons. The van der Waals surface area contributed by atoms with Crippen LogP contribution in [-0.4, -0.2) is 70.4 Å². The molecule has 242 valence electrons. The van der Waals surface area contributed by atoms with Crippen molar-refractivity contribution in [3.63, 3.8) is 0 Å². The van der Waals surface area contributed by atoms with Gasteiger partial charge in [0.25, 0.3) is 14.2 Å². The number of aliphatic hydroxyl groups excluding tert-OH is 1. The Balaban J connectivity index is 1.32. The van der Waals surface area contributed by atoms with Crippen molar-refractivity contribution in [1.29, 1.82) is 0 Å². The molecule has 5 aromatic rings. The van der Waals surface area contributed by atoms with Gasteiger partial charge in [0, 0.05) is 5.56 Å². The number of nitrogens with zero attached hydrogens (tertiary/aromatic N) is 4. The third kappa shape index (κ3) is 6.28. The molecular formula is C36H39N5O5Si. The molecule has 0 bridgehead atoms. The van der Waals surface area contributed by atoms with Gasteiger partial charge in [-0.15, -0.1) is 6.58 Å². The molecule has 10 nitrogen and oxygen atoms in total. The van der Waals surface area contributed by atoms with E-state index >= 15 is 0 Å². The van der Waals surface area contributed by atoms with E-state index in [1.165, 1.54) is 12.7 Å². The van der Waals surface area contributed by atoms with E-state index in [4.69, 9.17) is 13.9 Å². The standard InChI is InChI=1S/C36H39N5O5Si/c1-5-21-44-31-28(22-45-47(36(2,3)4,26-17-11-7-12-18-26)27-19-13-8-14-20-27)46-35(30(31)42)41-24-39-29-32(37-23-38-33(29)41)40-34(43)25-15-9-6-10-16-25/h5-20,23-24,28,30-31,35,42H,1,21-22H2,2-4H3,(H,37,38,40,43)/t28-,30?,31?,35-/m1/s1. The lowest BCUT2D eigenvalue weighted by Crippen LogP contribution is -2.67. The van der Waals surface area contributed by atoms with Gasteiger partial charge >= 0.3 is 0 Å². The molecule has 0 aliphatic carbocycles. The van der Waals surface area contributed by atoms with Gasteiger partial charge in [-0.2, -0.15) is 0 Å². The molecule has 47 heavy (non-hydrogen) atoms. The normalized spacial score (nSPS) is 19.9. The van der Waals surface area contributed by atoms with Crippen LogP contribution >= 0.6 is 0 Å². The van der Waals surface area contributed by atoms with Crippen LogP contribution in [0.5, 0.6) is 0 Å². The van der Waals surface area contributed by atoms with E-state index in [1.54, 1.807) is 34.9 Å². The van der Waals surface area contributed by atoms with E-state index < -0.39 is 32.9 Å². The van der Waals surface area contributed by atoms with Crippen molar-refractivity contribution in [3.05, 3.63) is 122 Å². The number of aromatic nitrogens is 4. The van der Waals surface area contributed by atoms with Crippen LogP contribution < -0.4 is 15.7 Å². The number of nitrogens with one attached hydrogen (secondary N) is 1. The van der Waals surface area contributed by atoms with Crippen LogP contribution in [0.3, 0.4) is 0 Å². The van der Waals surface area contributed by atoms with E-state index in [2.05, 4.69) is 71.9 Å². The molecule has 2 unspecified atom stereocenters. The number of hydrogen-bond acceptors (Lipinski definition) is 8. The predicted molar refractivity (Wildman–Crippen MR) is 183 cm³/mol. The highest BCUT2D eigenvalue weighted by molar-refractivity contribution is 6.99. The van der Waals surface area contributed by atoms with Crippen molar-refractivity contribution in [2.75, 3.05) is 18.5 Å². The number of fused-ring (bicyclic) bond motifs is 1. The minimum atomic E-state index is -2.90. The van der Waals surface area contributed by atoms with E-state index in [1.807, 2.05) is 42.5 Å². The lowest BCUT2D eigenvalue weighted by molar-refractivity contribution is -0.0534. The topological polar surface area (TPSA) is 121 Å². The molecule has 2 N–H and O–H groups in total. The fourth-order valence-corrected chi connectivity index (χ4v) is 10.9. The minimum absolute atomic E-state index is 0.169. The van der Waals surface area contributed by atoms with E-state index in [-0.39, 0.29) is 30.0 Å². The number of hydrogen-bond donors (Lipinski definition) is 2. The lowest BCUT2D eigenvalue weighted by atomic mass is 10.1. The zero-order valence-corrected chi connectivity index (χ0v) is 27.7. The number of rotatable bonds is 11. The number of carbonyl (C=O) groups excluding carboxylic acids is 1. The van der Waals surface area contributed by atoms with E-state index in [0.717, 1.165) is 10.4 Å². The van der Waals surface area contributed by atoms with Crippen LogP contribution in [0.4, 0.5) is 5.82 Å². The van der Waals surface area contributed by atoms with Gasteiger partial charge in [-0.1, -0.05) is 106 Å². The second-order valence-electron chi connectivity index (χ2n) is 12.5. The molecule has 1 aliphatic heterocycles. The smallest absolute Gasteiger partial charge is 0.261 e. The minimum Gasteiger partial charge on any atom is -0.405 e. The third-order valence-electron chi connectivity index (χ3n) is 8.50. The Labute approximate surface area is 275 Å². The van der Waals surface area contributed by atoms with Crippen LogP contribution in [0, 0.1) is 0 Å². The lowest BCUT2D eigenvalue weighted by Gasteiger charge is -2.43. The summed E-state index contributed by atoms with van der Waals surface area (Å²) in [5.74, 6) is -0.0724. The van der Waals surface area contributed by atoms with E-state index in [9.17, 15) is 9.90 Å². The first-order valence-electron chi connectivity index (χ1n) is 15.6. The molecule has 2 aromatic heterocycles. The summed E-state index contributed by atoms with van der Waals surface area (Å²) in [5, 5.41) is 16.5. The first kappa shape index (κ1) is 32.4. The number of aliphatic hydroxyl groups is 1. The zero-order valence-electron chi connectivity index (χ0n) is 26.7. The van der Waals surface area contributed by atoms with Crippen molar-refractivity contribution in [2.45, 2.75) is 50.3 Å². The Hall–Kier alpha value is -4.52. The molecule has 6 rings (SSSR count). The van der Waals surface area contributed by atoms with Crippen molar-refractivity contribution in [2.24, 2.45) is 0 Å². The van der Waals surface area contributed by atoms with Gasteiger partial charge in [0.2, 0.25) is 0 Å². The summed E-state index contributed by atoms with van der Waals surface area (Å²) in [4.78, 5) is 26.1. The van der Waals surface area contributed by atoms with E-state index in [0.29, 0.717) is 16.7 Å². The van der Waals surface area contributed by atoms with Crippen molar-refractivity contribution >= 4 is 41.6 Å². The molecule has 1 amide bonds. The van der Waals surface area contributed by atoms with Crippen LogP contribution in [-0.2, 0) is 13.9 Å². The maximum absolute atomic E-state index is 12.9. The van der Waals surface area contributed by atoms with Crippen molar-refractivity contribution in [1.82, 2.24) is 19.5 Å². The Morgan fingerprint density at radius 1 is 0.979 bits per heavy atom. The van der Waals surface area contributed by atoms with Gasteiger partial charge in [-0.05, 0) is 27.5 Å². The predicted octanol–water partition coefficient (Wildman–Crippen LogP) is 4.48. The second kappa shape index (κ2) is 13.7. The Morgan fingerprint density at radius 2 is 1.60 bits per heavy atom. The molecule has 1 saturated heterocycles. The molecule has 3 heterocycles. The molecule has 11 heteroatoms. The average Bonchev–Trinajstić information content (AvgIpc) is 3.65. The quantitative estimate of drug-likeness (QED) is 0.159. The highest BCUT2D eigenvalue weighted by Gasteiger charge is 2.53. The van der Waals surface area contributed by atoms with Crippen LogP contribution in [0.1, 0.15) is 37.4 Å². The Kier molecular flexibility index (Phi) is 9.44. The summed E-state index contributed by atoms with van der Waals surface area (Å²) in [6.45, 7) is 10.8. The first-order chi connectivity index (χ1) is 22.7. The first-order valence-corrected chi connectivity index (χ1v) is 17.5. The number of amides is 1. The number of ether oxygens (including phenoxy) is 2. The molecular weight excluding hydrogens is 611 g/mol. The third-order valence-corrected chi connectivity index (χ3v) is 13.5. The van der Waals surface area contributed by atoms with Crippen LogP contribution in [0.25, 0.3) is 11.2 Å². The summed E-state index contributed by atoms with van der Waals surface area (Å²) in [5.41, 5.74) is 1.24. The summed E-state index contributed by atoms with van der Waals surface area (Å²) in [7, 11) is -2.90. The maximum Gasteiger partial charge on any atom is 0.261 e. The number of imidazole rings is 1. The number of anilines is 1. The average molecular weight is 650 g/mol. The van der Waals surface area contributed by atoms with Crippen LogP contribution in [0.2, 0.25) is 5.04 Å². The summed E-state index contributed by atoms with van der Waals surface area (Å²) < 4.78 is 21.5. The van der Waals surface area contributed by atoms with Gasteiger partial charge in [-0.25, -0.2) is 15.0 Å². The van der Waals surface area contributed by atoms with Gasteiger partial charge in [0.1, 0.15) is 24.6 Å². The molecule has 1 fully saturated rings. The highest BCUT2D eigenvalue weighted by atomic mass is 28.4. The molecule has 3 aromatic carbocycles. The molecule has 4 atom stereocenters.